The largest absolute Gasteiger partial charge is 0.303 e. The summed E-state index contributed by atoms with van der Waals surface area (Å²) in [6.45, 7) is 0. The first kappa shape index (κ1) is 10.6. The molecule has 15 heavy (non-hydrogen) atoms. The fourth-order valence-electron chi connectivity index (χ4n) is 2.45. The van der Waals surface area contributed by atoms with Crippen LogP contribution >= 0.6 is 0 Å². The van der Waals surface area contributed by atoms with Gasteiger partial charge in [-0.3, -0.25) is 14.5 Å². The molecule has 1 N–H and O–H groups in total. The van der Waals surface area contributed by atoms with Crippen LogP contribution in [0.4, 0.5) is 0 Å². The standard InChI is InChI=1S/C11H18N2O2/c1-13-10(14)7-6-9(11(13)15)12-8-4-2-3-5-8/h8-9,12H,2-7H2,1H3. The number of hydrogen-bond donors (Lipinski definition) is 1. The Labute approximate surface area is 90.0 Å². The van der Waals surface area contributed by atoms with Crippen LogP contribution in [0.1, 0.15) is 38.5 Å². The monoisotopic (exact) mass is 210 g/mol. The predicted molar refractivity (Wildman–Crippen MR) is 56.2 cm³/mol. The molecule has 1 atom stereocenters. The lowest BCUT2D eigenvalue weighted by atomic mass is 10.0. The molecule has 0 aromatic carbocycles. The van der Waals surface area contributed by atoms with Gasteiger partial charge in [-0.1, -0.05) is 12.8 Å². The Morgan fingerprint density at radius 2 is 1.87 bits per heavy atom. The Morgan fingerprint density at radius 3 is 2.53 bits per heavy atom. The highest BCUT2D eigenvalue weighted by atomic mass is 16.2. The lowest BCUT2D eigenvalue weighted by Crippen LogP contribution is -2.53. The summed E-state index contributed by atoms with van der Waals surface area (Å²) in [6.07, 6.45) is 6.01. The van der Waals surface area contributed by atoms with Crippen LogP contribution in [-0.4, -0.2) is 35.8 Å². The number of piperidine rings is 1. The average Bonchev–Trinajstić information content (AvgIpc) is 2.72. The zero-order chi connectivity index (χ0) is 10.8. The van der Waals surface area contributed by atoms with Gasteiger partial charge in [-0.25, -0.2) is 0 Å². The fraction of sp³-hybridized carbons (Fsp3) is 0.818. The first-order valence-electron chi connectivity index (χ1n) is 5.75. The van der Waals surface area contributed by atoms with Crippen LogP contribution in [0.3, 0.4) is 0 Å². The Kier molecular flexibility index (Phi) is 3.05. The van der Waals surface area contributed by atoms with Crippen LogP contribution in [0.5, 0.6) is 0 Å². The number of amides is 2. The van der Waals surface area contributed by atoms with Gasteiger partial charge >= 0.3 is 0 Å². The SMILES string of the molecule is CN1C(=O)CCC(NC2CCCC2)C1=O. The Morgan fingerprint density at radius 1 is 1.20 bits per heavy atom. The maximum absolute atomic E-state index is 11.8. The molecule has 0 radical (unpaired) electrons. The molecule has 2 rings (SSSR count). The third-order valence-electron chi connectivity index (χ3n) is 3.44. The van der Waals surface area contributed by atoms with Crippen LogP contribution in [0, 0.1) is 0 Å². The van der Waals surface area contributed by atoms with Gasteiger partial charge in [0.05, 0.1) is 6.04 Å². The minimum Gasteiger partial charge on any atom is -0.303 e. The molecule has 2 fully saturated rings. The Balaban J connectivity index is 1.92. The minimum atomic E-state index is -0.129. The Hall–Kier alpha value is -0.900. The van der Waals surface area contributed by atoms with Gasteiger partial charge in [-0.15, -0.1) is 0 Å². The van der Waals surface area contributed by atoms with Gasteiger partial charge in [-0.2, -0.15) is 0 Å². The molecule has 1 unspecified atom stereocenters. The lowest BCUT2D eigenvalue weighted by molar-refractivity contribution is -0.148. The summed E-state index contributed by atoms with van der Waals surface area (Å²) in [5, 5.41) is 3.38. The van der Waals surface area contributed by atoms with Crippen molar-refractivity contribution < 1.29 is 9.59 Å². The van der Waals surface area contributed by atoms with Gasteiger partial charge in [-0.05, 0) is 19.3 Å². The molecule has 1 aliphatic heterocycles. The van der Waals surface area contributed by atoms with E-state index in [9.17, 15) is 9.59 Å². The molecule has 1 saturated heterocycles. The van der Waals surface area contributed by atoms with Crippen LogP contribution in [0.25, 0.3) is 0 Å². The smallest absolute Gasteiger partial charge is 0.246 e. The van der Waals surface area contributed by atoms with Crippen molar-refractivity contribution >= 4 is 11.8 Å². The second-order valence-electron chi connectivity index (χ2n) is 4.53. The highest BCUT2D eigenvalue weighted by Crippen LogP contribution is 2.20. The zero-order valence-corrected chi connectivity index (χ0v) is 9.16. The van der Waals surface area contributed by atoms with Crippen LogP contribution in [0.2, 0.25) is 0 Å². The molecule has 2 amide bonds. The second kappa shape index (κ2) is 4.31. The van der Waals surface area contributed by atoms with E-state index in [2.05, 4.69) is 5.32 Å². The zero-order valence-electron chi connectivity index (χ0n) is 9.16. The number of nitrogens with zero attached hydrogens (tertiary/aromatic N) is 1. The average molecular weight is 210 g/mol. The highest BCUT2D eigenvalue weighted by Gasteiger charge is 2.33. The third kappa shape index (κ3) is 2.20. The van der Waals surface area contributed by atoms with Gasteiger partial charge in [0.25, 0.3) is 0 Å². The van der Waals surface area contributed by atoms with Crippen LogP contribution in [0.15, 0.2) is 0 Å². The molecule has 0 aromatic rings. The molecule has 84 valence electrons. The summed E-state index contributed by atoms with van der Waals surface area (Å²) in [4.78, 5) is 24.3. The summed E-state index contributed by atoms with van der Waals surface area (Å²) < 4.78 is 0. The number of hydrogen-bond acceptors (Lipinski definition) is 3. The molecular formula is C11H18N2O2. The number of carbonyl (C=O) groups excluding carboxylic acids is 2. The molecule has 0 spiro atoms. The van der Waals surface area contributed by atoms with Crippen molar-refractivity contribution in [1.82, 2.24) is 10.2 Å². The second-order valence-corrected chi connectivity index (χ2v) is 4.53. The van der Waals surface area contributed by atoms with Gasteiger partial charge in [0.15, 0.2) is 0 Å². The number of rotatable bonds is 2. The summed E-state index contributed by atoms with van der Waals surface area (Å²) in [5.74, 6) is -0.109. The fourth-order valence-corrected chi connectivity index (χ4v) is 2.45. The van der Waals surface area contributed by atoms with E-state index in [4.69, 9.17) is 0 Å². The van der Waals surface area contributed by atoms with Gasteiger partial charge < -0.3 is 5.32 Å². The highest BCUT2D eigenvalue weighted by molar-refractivity contribution is 6.00. The first-order chi connectivity index (χ1) is 7.18. The van der Waals surface area contributed by atoms with E-state index in [-0.39, 0.29) is 17.9 Å². The van der Waals surface area contributed by atoms with E-state index < -0.39 is 0 Å². The molecule has 4 nitrogen and oxygen atoms in total. The number of imide groups is 1. The molecule has 1 aliphatic carbocycles. The molecule has 1 saturated carbocycles. The normalized spacial score (nSPS) is 28.9. The van der Waals surface area contributed by atoms with Crippen molar-refractivity contribution in [2.75, 3.05) is 7.05 Å². The maximum atomic E-state index is 11.8. The summed E-state index contributed by atoms with van der Waals surface area (Å²) in [5.41, 5.74) is 0. The molecule has 0 bridgehead atoms. The minimum absolute atomic E-state index is 0.0514. The first-order valence-corrected chi connectivity index (χ1v) is 5.75. The number of likely N-dealkylation sites (tertiary alicyclic amines) is 1. The van der Waals surface area contributed by atoms with Gasteiger partial charge in [0.2, 0.25) is 11.8 Å². The van der Waals surface area contributed by atoms with Gasteiger partial charge in [0.1, 0.15) is 0 Å². The summed E-state index contributed by atoms with van der Waals surface area (Å²) in [6, 6.07) is 0.358. The van der Waals surface area contributed by atoms with Crippen molar-refractivity contribution in [3.63, 3.8) is 0 Å². The summed E-state index contributed by atoms with van der Waals surface area (Å²) in [7, 11) is 1.58. The molecule has 0 aromatic heterocycles. The van der Waals surface area contributed by atoms with Crippen molar-refractivity contribution in [3.8, 4) is 0 Å². The summed E-state index contributed by atoms with van der Waals surface area (Å²) >= 11 is 0. The van der Waals surface area contributed by atoms with Crippen molar-refractivity contribution in [3.05, 3.63) is 0 Å². The van der Waals surface area contributed by atoms with E-state index in [1.54, 1.807) is 7.05 Å². The van der Waals surface area contributed by atoms with Crippen molar-refractivity contribution in [2.24, 2.45) is 0 Å². The third-order valence-corrected chi connectivity index (χ3v) is 3.44. The quantitative estimate of drug-likeness (QED) is 0.681. The van der Waals surface area contributed by atoms with E-state index in [0.717, 1.165) is 0 Å². The van der Waals surface area contributed by atoms with E-state index in [1.165, 1.54) is 30.6 Å². The molecule has 4 heteroatoms. The Bertz CT molecular complexity index is 272. The van der Waals surface area contributed by atoms with Crippen molar-refractivity contribution in [2.45, 2.75) is 50.6 Å². The van der Waals surface area contributed by atoms with Crippen LogP contribution in [-0.2, 0) is 9.59 Å². The lowest BCUT2D eigenvalue weighted by Gasteiger charge is -2.30. The van der Waals surface area contributed by atoms with Gasteiger partial charge in [0, 0.05) is 19.5 Å². The topological polar surface area (TPSA) is 49.4 Å². The van der Waals surface area contributed by atoms with E-state index in [1.807, 2.05) is 0 Å². The number of carbonyl (C=O) groups is 2. The molecular weight excluding hydrogens is 192 g/mol. The number of likely N-dealkylation sites (N-methyl/N-ethyl adjacent to an activating group) is 1. The van der Waals surface area contributed by atoms with Crippen molar-refractivity contribution in [1.29, 1.82) is 0 Å². The van der Waals surface area contributed by atoms with E-state index in [0.29, 0.717) is 18.9 Å². The predicted octanol–water partition coefficient (Wildman–Crippen LogP) is 0.666. The van der Waals surface area contributed by atoms with E-state index >= 15 is 0 Å². The maximum Gasteiger partial charge on any atom is 0.246 e. The molecule has 2 aliphatic rings. The van der Waals surface area contributed by atoms with Crippen LogP contribution < -0.4 is 5.32 Å². The number of nitrogens with one attached hydrogen (secondary N) is 1. The molecule has 1 heterocycles.